The van der Waals surface area contributed by atoms with Crippen LogP contribution in [0.2, 0.25) is 5.02 Å². The Morgan fingerprint density at radius 2 is 1.65 bits per heavy atom. The summed E-state index contributed by atoms with van der Waals surface area (Å²) in [6.45, 7) is 5.02. The van der Waals surface area contributed by atoms with E-state index in [1.807, 2.05) is 30.3 Å². The van der Waals surface area contributed by atoms with Crippen LogP contribution in [-0.2, 0) is 20.7 Å². The van der Waals surface area contributed by atoms with Gasteiger partial charge in [-0.2, -0.15) is 0 Å². The second-order valence-corrected chi connectivity index (χ2v) is 8.52. The van der Waals surface area contributed by atoms with Gasteiger partial charge in [0.1, 0.15) is 11.6 Å². The minimum Gasteiger partial charge on any atom is -0.444 e. The number of carbonyl (C=O) groups excluding carboxylic acids is 3. The molecule has 0 spiro atoms. The molecule has 0 aliphatic rings. The number of amides is 3. The number of ether oxygens (including phenoxy) is 1. The van der Waals surface area contributed by atoms with E-state index in [-0.39, 0.29) is 13.0 Å². The number of para-hydroxylation sites is 1. The topological polar surface area (TPSA) is 87.7 Å². The average Bonchev–Trinajstić information content (AvgIpc) is 2.68. The third kappa shape index (κ3) is 8.30. The van der Waals surface area contributed by atoms with Crippen molar-refractivity contribution in [2.75, 3.05) is 18.9 Å². The highest BCUT2D eigenvalue weighted by molar-refractivity contribution is 6.33. The molecule has 2 aromatic rings. The Morgan fingerprint density at radius 3 is 2.26 bits per heavy atom. The molecule has 8 heteroatoms. The lowest BCUT2D eigenvalue weighted by Crippen LogP contribution is -2.51. The Labute approximate surface area is 187 Å². The van der Waals surface area contributed by atoms with Crippen LogP contribution in [0.3, 0.4) is 0 Å². The molecule has 7 nitrogen and oxygen atoms in total. The van der Waals surface area contributed by atoms with Gasteiger partial charge < -0.3 is 20.3 Å². The first-order chi connectivity index (χ1) is 14.5. The molecular weight excluding hydrogens is 418 g/mol. The van der Waals surface area contributed by atoms with Crippen molar-refractivity contribution in [1.82, 2.24) is 10.2 Å². The molecule has 3 amide bonds. The van der Waals surface area contributed by atoms with E-state index >= 15 is 0 Å². The third-order valence-corrected chi connectivity index (χ3v) is 4.51. The van der Waals surface area contributed by atoms with Crippen molar-refractivity contribution in [3.63, 3.8) is 0 Å². The first kappa shape index (κ1) is 24.2. The van der Waals surface area contributed by atoms with Crippen LogP contribution >= 0.6 is 11.6 Å². The third-order valence-electron chi connectivity index (χ3n) is 4.18. The molecule has 0 heterocycles. The zero-order chi connectivity index (χ0) is 23.0. The van der Waals surface area contributed by atoms with Gasteiger partial charge in [0.05, 0.1) is 17.3 Å². The standard InChI is InChI=1S/C23H28ClN3O4/c1-23(2,3)31-22(30)26-19(14-16-10-6-5-7-11-16)21(29)27(4)15-20(28)25-18-13-9-8-12-17(18)24/h5-13,19H,14-15H2,1-4H3,(H,25,28)(H,26,30). The van der Waals surface area contributed by atoms with Gasteiger partial charge in [-0.25, -0.2) is 4.79 Å². The predicted molar refractivity (Wildman–Crippen MR) is 121 cm³/mol. The van der Waals surface area contributed by atoms with E-state index in [9.17, 15) is 14.4 Å². The number of benzene rings is 2. The van der Waals surface area contributed by atoms with Crippen LogP contribution in [0.5, 0.6) is 0 Å². The Balaban J connectivity index is 2.08. The molecule has 1 atom stereocenters. The number of alkyl carbamates (subject to hydrolysis) is 1. The Kier molecular flexibility index (Phi) is 8.45. The van der Waals surface area contributed by atoms with Gasteiger partial charge in [-0.15, -0.1) is 0 Å². The summed E-state index contributed by atoms with van der Waals surface area (Å²) in [6.07, 6.45) is -0.439. The quantitative estimate of drug-likeness (QED) is 0.677. The molecule has 0 saturated carbocycles. The number of nitrogens with zero attached hydrogens (tertiary/aromatic N) is 1. The summed E-state index contributed by atoms with van der Waals surface area (Å²) in [4.78, 5) is 39.0. The summed E-state index contributed by atoms with van der Waals surface area (Å²) in [7, 11) is 1.50. The first-order valence-corrected chi connectivity index (χ1v) is 10.3. The molecule has 0 aliphatic carbocycles. The van der Waals surface area contributed by atoms with Gasteiger partial charge in [0.15, 0.2) is 0 Å². The van der Waals surface area contributed by atoms with Crippen molar-refractivity contribution >= 4 is 35.2 Å². The summed E-state index contributed by atoms with van der Waals surface area (Å²) >= 11 is 6.06. The summed E-state index contributed by atoms with van der Waals surface area (Å²) in [6, 6.07) is 15.2. The van der Waals surface area contributed by atoms with Crippen molar-refractivity contribution in [1.29, 1.82) is 0 Å². The molecular formula is C23H28ClN3O4. The van der Waals surface area contributed by atoms with Gasteiger partial charge >= 0.3 is 6.09 Å². The molecule has 0 saturated heterocycles. The lowest BCUT2D eigenvalue weighted by Gasteiger charge is -2.26. The maximum Gasteiger partial charge on any atom is 0.408 e. The average molecular weight is 446 g/mol. The van der Waals surface area contributed by atoms with Crippen molar-refractivity contribution in [3.8, 4) is 0 Å². The normalized spacial score (nSPS) is 11.9. The summed E-state index contributed by atoms with van der Waals surface area (Å²) in [5.41, 5.74) is 0.624. The summed E-state index contributed by atoms with van der Waals surface area (Å²) < 4.78 is 5.29. The van der Waals surface area contributed by atoms with Gasteiger partial charge in [-0.05, 0) is 38.5 Å². The van der Waals surface area contributed by atoms with E-state index in [1.165, 1.54) is 11.9 Å². The number of nitrogens with one attached hydrogen (secondary N) is 2. The minimum atomic E-state index is -0.893. The van der Waals surface area contributed by atoms with Crippen LogP contribution < -0.4 is 10.6 Å². The van der Waals surface area contributed by atoms with Crippen LogP contribution in [0, 0.1) is 0 Å². The van der Waals surface area contributed by atoms with Gasteiger partial charge in [0.25, 0.3) is 0 Å². The van der Waals surface area contributed by atoms with Crippen LogP contribution in [0.4, 0.5) is 10.5 Å². The monoisotopic (exact) mass is 445 g/mol. The smallest absolute Gasteiger partial charge is 0.408 e. The summed E-state index contributed by atoms with van der Waals surface area (Å²) in [5, 5.41) is 5.71. The van der Waals surface area contributed by atoms with Crippen LogP contribution in [0.1, 0.15) is 26.3 Å². The first-order valence-electron chi connectivity index (χ1n) is 9.88. The van der Waals surface area contributed by atoms with E-state index in [0.717, 1.165) is 5.56 Å². The fourth-order valence-electron chi connectivity index (χ4n) is 2.81. The number of carbonyl (C=O) groups is 3. The van der Waals surface area contributed by atoms with Gasteiger partial charge in [-0.1, -0.05) is 54.1 Å². The predicted octanol–water partition coefficient (Wildman–Crippen LogP) is 3.87. The van der Waals surface area contributed by atoms with E-state index in [4.69, 9.17) is 16.3 Å². The van der Waals surface area contributed by atoms with Crippen LogP contribution in [-0.4, -0.2) is 48.0 Å². The second kappa shape index (κ2) is 10.8. The maximum atomic E-state index is 13.1. The highest BCUT2D eigenvalue weighted by Crippen LogP contribution is 2.20. The number of rotatable bonds is 7. The fraction of sp³-hybridized carbons (Fsp3) is 0.348. The van der Waals surface area contributed by atoms with Gasteiger partial charge in [-0.3, -0.25) is 9.59 Å². The lowest BCUT2D eigenvalue weighted by molar-refractivity contribution is -0.135. The number of hydrogen-bond acceptors (Lipinski definition) is 4. The molecule has 2 rings (SSSR count). The zero-order valence-corrected chi connectivity index (χ0v) is 18.9. The molecule has 0 radical (unpaired) electrons. The lowest BCUT2D eigenvalue weighted by atomic mass is 10.0. The van der Waals surface area contributed by atoms with Crippen LogP contribution in [0.15, 0.2) is 54.6 Å². The van der Waals surface area contributed by atoms with Gasteiger partial charge in [0.2, 0.25) is 11.8 Å². The molecule has 166 valence electrons. The molecule has 2 N–H and O–H groups in total. The Hall–Kier alpha value is -3.06. The van der Waals surface area contributed by atoms with E-state index in [1.54, 1.807) is 45.0 Å². The van der Waals surface area contributed by atoms with Crippen LogP contribution in [0.25, 0.3) is 0 Å². The minimum absolute atomic E-state index is 0.203. The Morgan fingerprint density at radius 1 is 1.03 bits per heavy atom. The molecule has 1 unspecified atom stereocenters. The zero-order valence-electron chi connectivity index (χ0n) is 18.1. The van der Waals surface area contributed by atoms with Crippen molar-refractivity contribution < 1.29 is 19.1 Å². The van der Waals surface area contributed by atoms with Gasteiger partial charge in [0, 0.05) is 13.5 Å². The summed E-state index contributed by atoms with van der Waals surface area (Å²) in [5.74, 6) is -0.816. The molecule has 0 fully saturated rings. The molecule has 0 aliphatic heterocycles. The van der Waals surface area contributed by atoms with E-state index in [0.29, 0.717) is 10.7 Å². The Bertz CT molecular complexity index is 913. The molecule has 31 heavy (non-hydrogen) atoms. The molecule has 2 aromatic carbocycles. The number of hydrogen-bond donors (Lipinski definition) is 2. The van der Waals surface area contributed by atoms with Crippen molar-refractivity contribution in [2.24, 2.45) is 0 Å². The molecule has 0 bridgehead atoms. The highest BCUT2D eigenvalue weighted by atomic mass is 35.5. The maximum absolute atomic E-state index is 13.1. The fourth-order valence-corrected chi connectivity index (χ4v) is 2.99. The largest absolute Gasteiger partial charge is 0.444 e. The van der Waals surface area contributed by atoms with E-state index < -0.39 is 29.6 Å². The molecule has 0 aromatic heterocycles. The number of anilines is 1. The highest BCUT2D eigenvalue weighted by Gasteiger charge is 2.28. The second-order valence-electron chi connectivity index (χ2n) is 8.11. The number of halogens is 1. The van der Waals surface area contributed by atoms with Crippen molar-refractivity contribution in [3.05, 3.63) is 65.2 Å². The SMILES string of the molecule is CN(CC(=O)Nc1ccccc1Cl)C(=O)C(Cc1ccccc1)NC(=O)OC(C)(C)C. The van der Waals surface area contributed by atoms with Crippen molar-refractivity contribution in [2.45, 2.75) is 38.8 Å². The van der Waals surface area contributed by atoms with E-state index in [2.05, 4.69) is 10.6 Å². The number of likely N-dealkylation sites (N-methyl/N-ethyl adjacent to an activating group) is 1.